The highest BCUT2D eigenvalue weighted by atomic mass is 35.5. The van der Waals surface area contributed by atoms with Gasteiger partial charge in [0.05, 0.1) is 18.6 Å². The van der Waals surface area contributed by atoms with Crippen molar-refractivity contribution in [3.8, 4) is 11.5 Å². The highest BCUT2D eigenvalue weighted by Gasteiger charge is 2.30. The number of carbonyl (C=O) groups is 1. The SMILES string of the molecule is CCCCOc1ccc(C(=O)N2CCN(S(=O)(=O)c3ccc(Cl)cc3)CC2)cc1OC. The molecule has 1 fully saturated rings. The van der Waals surface area contributed by atoms with Crippen molar-refractivity contribution in [2.75, 3.05) is 39.9 Å². The summed E-state index contributed by atoms with van der Waals surface area (Å²) in [5.74, 6) is 0.944. The van der Waals surface area contributed by atoms with Gasteiger partial charge >= 0.3 is 0 Å². The van der Waals surface area contributed by atoms with Crippen molar-refractivity contribution in [1.82, 2.24) is 9.21 Å². The summed E-state index contributed by atoms with van der Waals surface area (Å²) < 4.78 is 38.1. The van der Waals surface area contributed by atoms with Crippen molar-refractivity contribution in [1.29, 1.82) is 0 Å². The van der Waals surface area contributed by atoms with Crippen LogP contribution in [0.5, 0.6) is 11.5 Å². The Labute approximate surface area is 188 Å². The van der Waals surface area contributed by atoms with Crippen LogP contribution in [0, 0.1) is 0 Å². The van der Waals surface area contributed by atoms with Crippen LogP contribution in [0.2, 0.25) is 5.02 Å². The van der Waals surface area contributed by atoms with E-state index in [0.29, 0.717) is 41.8 Å². The maximum atomic E-state index is 13.0. The second-order valence-electron chi connectivity index (χ2n) is 7.22. The highest BCUT2D eigenvalue weighted by Crippen LogP contribution is 2.29. The smallest absolute Gasteiger partial charge is 0.254 e. The van der Waals surface area contributed by atoms with E-state index in [1.165, 1.54) is 23.5 Å². The van der Waals surface area contributed by atoms with Gasteiger partial charge in [-0.25, -0.2) is 8.42 Å². The van der Waals surface area contributed by atoms with E-state index in [9.17, 15) is 13.2 Å². The lowest BCUT2D eigenvalue weighted by molar-refractivity contribution is 0.0697. The summed E-state index contributed by atoms with van der Waals surface area (Å²) in [6, 6.07) is 11.2. The van der Waals surface area contributed by atoms with Gasteiger partial charge in [0.15, 0.2) is 11.5 Å². The Kier molecular flexibility index (Phi) is 7.80. The van der Waals surface area contributed by atoms with Crippen LogP contribution in [0.1, 0.15) is 30.1 Å². The molecule has 1 heterocycles. The first kappa shape index (κ1) is 23.4. The van der Waals surface area contributed by atoms with Crippen molar-refractivity contribution in [2.45, 2.75) is 24.7 Å². The number of benzene rings is 2. The lowest BCUT2D eigenvalue weighted by Crippen LogP contribution is -2.50. The maximum absolute atomic E-state index is 13.0. The Hall–Kier alpha value is -2.29. The third kappa shape index (κ3) is 5.50. The van der Waals surface area contributed by atoms with E-state index in [4.69, 9.17) is 21.1 Å². The summed E-state index contributed by atoms with van der Waals surface area (Å²) in [5, 5.41) is 0.478. The Morgan fingerprint density at radius 1 is 1.03 bits per heavy atom. The number of unbranched alkanes of at least 4 members (excludes halogenated alkanes) is 1. The number of halogens is 1. The van der Waals surface area contributed by atoms with Gasteiger partial charge in [-0.05, 0) is 48.9 Å². The number of piperazine rings is 1. The first-order valence-electron chi connectivity index (χ1n) is 10.2. The predicted molar refractivity (Wildman–Crippen MR) is 120 cm³/mol. The van der Waals surface area contributed by atoms with Crippen LogP contribution in [-0.4, -0.2) is 63.4 Å². The molecule has 0 aliphatic carbocycles. The quantitative estimate of drug-likeness (QED) is 0.555. The molecule has 1 saturated heterocycles. The molecular formula is C22H27ClN2O5S. The molecule has 1 aliphatic heterocycles. The highest BCUT2D eigenvalue weighted by molar-refractivity contribution is 7.89. The van der Waals surface area contributed by atoms with Gasteiger partial charge in [0.2, 0.25) is 10.0 Å². The molecule has 0 bridgehead atoms. The number of carbonyl (C=O) groups excluding carboxylic acids is 1. The summed E-state index contributed by atoms with van der Waals surface area (Å²) in [7, 11) is -2.08. The van der Waals surface area contributed by atoms with Gasteiger partial charge in [0, 0.05) is 36.8 Å². The number of nitrogens with zero attached hydrogens (tertiary/aromatic N) is 2. The van der Waals surface area contributed by atoms with Gasteiger partial charge in [-0.3, -0.25) is 4.79 Å². The molecule has 0 unspecified atom stereocenters. The molecule has 0 spiro atoms. The Morgan fingerprint density at radius 3 is 2.32 bits per heavy atom. The molecule has 2 aromatic carbocycles. The number of hydrogen-bond donors (Lipinski definition) is 0. The first-order valence-corrected chi connectivity index (χ1v) is 12.0. The van der Waals surface area contributed by atoms with E-state index in [0.717, 1.165) is 12.8 Å². The number of sulfonamides is 1. The van der Waals surface area contributed by atoms with Gasteiger partial charge in [0.1, 0.15) is 0 Å². The minimum atomic E-state index is -3.62. The molecule has 31 heavy (non-hydrogen) atoms. The van der Waals surface area contributed by atoms with Crippen LogP contribution in [0.4, 0.5) is 0 Å². The monoisotopic (exact) mass is 466 g/mol. The summed E-state index contributed by atoms with van der Waals surface area (Å²) in [4.78, 5) is 14.8. The molecular weight excluding hydrogens is 440 g/mol. The summed E-state index contributed by atoms with van der Waals surface area (Å²) >= 11 is 5.85. The molecule has 1 amide bonds. The van der Waals surface area contributed by atoms with Crippen LogP contribution in [0.3, 0.4) is 0 Å². The zero-order valence-electron chi connectivity index (χ0n) is 17.7. The number of amides is 1. The molecule has 0 saturated carbocycles. The van der Waals surface area contributed by atoms with E-state index in [1.807, 2.05) is 0 Å². The van der Waals surface area contributed by atoms with E-state index < -0.39 is 10.0 Å². The predicted octanol–water partition coefficient (Wildman–Crippen LogP) is 3.67. The number of rotatable bonds is 8. The van der Waals surface area contributed by atoms with E-state index in [-0.39, 0.29) is 23.9 Å². The minimum Gasteiger partial charge on any atom is -0.493 e. The van der Waals surface area contributed by atoms with Crippen molar-refractivity contribution in [2.24, 2.45) is 0 Å². The van der Waals surface area contributed by atoms with Crippen LogP contribution >= 0.6 is 11.6 Å². The Balaban J connectivity index is 1.65. The van der Waals surface area contributed by atoms with Gasteiger partial charge in [0.25, 0.3) is 5.91 Å². The number of hydrogen-bond acceptors (Lipinski definition) is 5. The second-order valence-corrected chi connectivity index (χ2v) is 9.59. The van der Waals surface area contributed by atoms with E-state index >= 15 is 0 Å². The fraction of sp³-hybridized carbons (Fsp3) is 0.409. The Morgan fingerprint density at radius 2 is 1.71 bits per heavy atom. The summed E-state index contributed by atoms with van der Waals surface area (Å²) in [6.07, 6.45) is 1.96. The first-order chi connectivity index (χ1) is 14.9. The zero-order chi connectivity index (χ0) is 22.4. The largest absolute Gasteiger partial charge is 0.493 e. The van der Waals surface area contributed by atoms with Gasteiger partial charge in [-0.2, -0.15) is 4.31 Å². The molecule has 9 heteroatoms. The third-order valence-electron chi connectivity index (χ3n) is 5.14. The number of ether oxygens (including phenoxy) is 2. The van der Waals surface area contributed by atoms with Crippen LogP contribution in [0.15, 0.2) is 47.4 Å². The van der Waals surface area contributed by atoms with Gasteiger partial charge in [-0.15, -0.1) is 0 Å². The fourth-order valence-corrected chi connectivity index (χ4v) is 4.86. The fourth-order valence-electron chi connectivity index (χ4n) is 3.32. The topological polar surface area (TPSA) is 76.2 Å². The zero-order valence-corrected chi connectivity index (χ0v) is 19.3. The molecule has 168 valence electrons. The Bertz CT molecular complexity index is 1000. The third-order valence-corrected chi connectivity index (χ3v) is 7.31. The minimum absolute atomic E-state index is 0.165. The van der Waals surface area contributed by atoms with Crippen molar-refractivity contribution >= 4 is 27.5 Å². The second kappa shape index (κ2) is 10.3. The lowest BCUT2D eigenvalue weighted by atomic mass is 10.1. The lowest BCUT2D eigenvalue weighted by Gasteiger charge is -2.34. The maximum Gasteiger partial charge on any atom is 0.254 e. The summed E-state index contributed by atoms with van der Waals surface area (Å²) in [5.41, 5.74) is 0.480. The van der Waals surface area contributed by atoms with Gasteiger partial charge in [-0.1, -0.05) is 24.9 Å². The molecule has 7 nitrogen and oxygen atoms in total. The summed E-state index contributed by atoms with van der Waals surface area (Å²) in [6.45, 7) is 3.75. The van der Waals surface area contributed by atoms with Crippen molar-refractivity contribution in [3.05, 3.63) is 53.1 Å². The molecule has 3 rings (SSSR count). The molecule has 0 atom stereocenters. The van der Waals surface area contributed by atoms with E-state index in [2.05, 4.69) is 6.92 Å². The van der Waals surface area contributed by atoms with Crippen LogP contribution in [0.25, 0.3) is 0 Å². The number of methoxy groups -OCH3 is 1. The standard InChI is InChI=1S/C22H27ClN2O5S/c1-3-4-15-30-20-10-5-17(16-21(20)29-2)22(26)24-11-13-25(14-12-24)31(27,28)19-8-6-18(23)7-9-19/h5-10,16H,3-4,11-15H2,1-2H3. The molecule has 0 aromatic heterocycles. The van der Waals surface area contributed by atoms with Crippen molar-refractivity contribution < 1.29 is 22.7 Å². The average Bonchev–Trinajstić information content (AvgIpc) is 2.79. The average molecular weight is 467 g/mol. The normalized spacial score (nSPS) is 15.0. The molecule has 1 aliphatic rings. The van der Waals surface area contributed by atoms with E-state index in [1.54, 1.807) is 35.2 Å². The molecule has 2 aromatic rings. The van der Waals surface area contributed by atoms with Gasteiger partial charge < -0.3 is 14.4 Å². The van der Waals surface area contributed by atoms with Crippen LogP contribution in [-0.2, 0) is 10.0 Å². The van der Waals surface area contributed by atoms with Crippen molar-refractivity contribution in [3.63, 3.8) is 0 Å². The molecule has 0 radical (unpaired) electrons. The molecule has 0 N–H and O–H groups in total. The van der Waals surface area contributed by atoms with Crippen LogP contribution < -0.4 is 9.47 Å².